The summed E-state index contributed by atoms with van der Waals surface area (Å²) in [5, 5.41) is 2.95. The Morgan fingerprint density at radius 3 is 2.43 bits per heavy atom. The first-order chi connectivity index (χ1) is 13.4. The van der Waals surface area contributed by atoms with Gasteiger partial charge in [0.25, 0.3) is 0 Å². The second-order valence-corrected chi connectivity index (χ2v) is 7.99. The van der Waals surface area contributed by atoms with Gasteiger partial charge in [-0.3, -0.25) is 9.59 Å². The number of halogens is 1. The van der Waals surface area contributed by atoms with E-state index in [1.165, 1.54) is 0 Å². The molecule has 0 saturated heterocycles. The van der Waals surface area contributed by atoms with Gasteiger partial charge in [0, 0.05) is 17.6 Å². The minimum atomic E-state index is -0.531. The van der Waals surface area contributed by atoms with Crippen molar-refractivity contribution >= 4 is 27.7 Å². The lowest BCUT2D eigenvalue weighted by Crippen LogP contribution is -2.48. The van der Waals surface area contributed by atoms with Gasteiger partial charge in [0.1, 0.15) is 6.04 Å². The minimum Gasteiger partial charge on any atom is -0.354 e. The molecular formula is C23H29BrN2O2. The van der Waals surface area contributed by atoms with E-state index in [9.17, 15) is 9.59 Å². The molecule has 2 aromatic rings. The molecule has 0 bridgehead atoms. The highest BCUT2D eigenvalue weighted by molar-refractivity contribution is 9.10. The molecule has 0 spiro atoms. The van der Waals surface area contributed by atoms with Crippen LogP contribution in [0.3, 0.4) is 0 Å². The first-order valence-corrected chi connectivity index (χ1v) is 10.6. The van der Waals surface area contributed by atoms with Gasteiger partial charge in [0.2, 0.25) is 11.8 Å². The second kappa shape index (κ2) is 11.0. The van der Waals surface area contributed by atoms with E-state index in [1.54, 1.807) is 11.8 Å². The fourth-order valence-corrected chi connectivity index (χ4v) is 3.24. The first-order valence-electron chi connectivity index (χ1n) is 9.78. The zero-order valence-corrected chi connectivity index (χ0v) is 18.5. The lowest BCUT2D eigenvalue weighted by molar-refractivity contribution is -0.140. The number of amides is 2. The Morgan fingerprint density at radius 1 is 1.11 bits per heavy atom. The maximum absolute atomic E-state index is 13.1. The Kier molecular flexibility index (Phi) is 8.71. The molecular weight excluding hydrogens is 416 g/mol. The van der Waals surface area contributed by atoms with E-state index in [0.29, 0.717) is 13.1 Å². The Bertz CT molecular complexity index is 789. The van der Waals surface area contributed by atoms with Gasteiger partial charge in [-0.2, -0.15) is 0 Å². The van der Waals surface area contributed by atoms with Gasteiger partial charge in [0.05, 0.1) is 6.42 Å². The fraction of sp³-hybridized carbons (Fsp3) is 0.391. The third-order valence-electron chi connectivity index (χ3n) is 4.87. The lowest BCUT2D eigenvalue weighted by Gasteiger charge is -2.29. The predicted molar refractivity (Wildman–Crippen MR) is 117 cm³/mol. The van der Waals surface area contributed by atoms with Crippen LogP contribution in [0.2, 0.25) is 0 Å². The highest BCUT2D eigenvalue weighted by Crippen LogP contribution is 2.16. The average molecular weight is 445 g/mol. The van der Waals surface area contributed by atoms with E-state index in [-0.39, 0.29) is 18.2 Å². The summed E-state index contributed by atoms with van der Waals surface area (Å²) >= 11 is 3.44. The summed E-state index contributed by atoms with van der Waals surface area (Å²) in [5.74, 6) is -0.154. The molecule has 0 fully saturated rings. The van der Waals surface area contributed by atoms with E-state index < -0.39 is 6.04 Å². The fourth-order valence-electron chi connectivity index (χ4n) is 2.98. The van der Waals surface area contributed by atoms with Crippen LogP contribution in [-0.4, -0.2) is 29.3 Å². The van der Waals surface area contributed by atoms with Gasteiger partial charge < -0.3 is 10.2 Å². The molecule has 0 aliphatic carbocycles. The topological polar surface area (TPSA) is 49.4 Å². The summed E-state index contributed by atoms with van der Waals surface area (Å²) < 4.78 is 0.986. The molecule has 2 rings (SSSR count). The summed E-state index contributed by atoms with van der Waals surface area (Å²) in [4.78, 5) is 27.4. The highest BCUT2D eigenvalue weighted by Gasteiger charge is 2.26. The zero-order chi connectivity index (χ0) is 20.5. The van der Waals surface area contributed by atoms with Crippen LogP contribution in [0.25, 0.3) is 0 Å². The number of rotatable bonds is 9. The van der Waals surface area contributed by atoms with Gasteiger partial charge in [0.15, 0.2) is 0 Å². The van der Waals surface area contributed by atoms with Crippen molar-refractivity contribution in [1.29, 1.82) is 0 Å². The Morgan fingerprint density at radius 2 is 1.79 bits per heavy atom. The van der Waals surface area contributed by atoms with Crippen LogP contribution < -0.4 is 5.32 Å². The maximum atomic E-state index is 13.1. The summed E-state index contributed by atoms with van der Waals surface area (Å²) in [6.07, 6.45) is 2.24. The Labute approximate surface area is 176 Å². The van der Waals surface area contributed by atoms with Crippen LogP contribution >= 0.6 is 15.9 Å². The van der Waals surface area contributed by atoms with Crippen molar-refractivity contribution in [3.63, 3.8) is 0 Å². The zero-order valence-electron chi connectivity index (χ0n) is 16.9. The van der Waals surface area contributed by atoms with E-state index in [0.717, 1.165) is 34.0 Å². The summed E-state index contributed by atoms with van der Waals surface area (Å²) in [6.45, 7) is 6.93. The van der Waals surface area contributed by atoms with Gasteiger partial charge in [-0.25, -0.2) is 0 Å². The molecule has 150 valence electrons. The molecule has 0 saturated carbocycles. The first kappa shape index (κ1) is 22.2. The van der Waals surface area contributed by atoms with Crippen LogP contribution in [-0.2, 0) is 22.6 Å². The molecule has 0 heterocycles. The van der Waals surface area contributed by atoms with Crippen molar-refractivity contribution < 1.29 is 9.59 Å². The molecule has 0 aliphatic heterocycles. The smallest absolute Gasteiger partial charge is 0.242 e. The molecule has 2 amide bonds. The lowest BCUT2D eigenvalue weighted by atomic mass is 10.0. The van der Waals surface area contributed by atoms with Crippen molar-refractivity contribution in [2.24, 2.45) is 0 Å². The average Bonchev–Trinajstić information content (AvgIpc) is 2.68. The number of hydrogen-bond donors (Lipinski definition) is 1. The van der Waals surface area contributed by atoms with Crippen LogP contribution in [0, 0.1) is 6.92 Å². The second-order valence-electron chi connectivity index (χ2n) is 7.07. The molecule has 28 heavy (non-hydrogen) atoms. The van der Waals surface area contributed by atoms with Crippen LogP contribution in [0.15, 0.2) is 53.0 Å². The van der Waals surface area contributed by atoms with Crippen molar-refractivity contribution in [2.75, 3.05) is 6.54 Å². The van der Waals surface area contributed by atoms with Crippen molar-refractivity contribution in [3.05, 3.63) is 69.7 Å². The van der Waals surface area contributed by atoms with E-state index in [1.807, 2.05) is 55.5 Å². The van der Waals surface area contributed by atoms with Gasteiger partial charge in [-0.1, -0.05) is 65.7 Å². The third kappa shape index (κ3) is 6.48. The van der Waals surface area contributed by atoms with E-state index >= 15 is 0 Å². The van der Waals surface area contributed by atoms with Gasteiger partial charge in [-0.05, 0) is 49.1 Å². The number of benzene rings is 2. The van der Waals surface area contributed by atoms with Crippen LogP contribution in [0.1, 0.15) is 43.4 Å². The molecule has 0 unspecified atom stereocenters. The minimum absolute atomic E-state index is 0.0460. The van der Waals surface area contributed by atoms with E-state index in [4.69, 9.17) is 0 Å². The molecule has 0 radical (unpaired) electrons. The number of nitrogens with zero attached hydrogens (tertiary/aromatic N) is 1. The Balaban J connectivity index is 2.18. The van der Waals surface area contributed by atoms with Crippen molar-refractivity contribution in [3.8, 4) is 0 Å². The normalized spacial score (nSPS) is 11.7. The van der Waals surface area contributed by atoms with Gasteiger partial charge >= 0.3 is 0 Å². The molecule has 0 aromatic heterocycles. The molecule has 1 N–H and O–H groups in total. The van der Waals surface area contributed by atoms with Crippen molar-refractivity contribution in [1.82, 2.24) is 10.2 Å². The number of carbonyl (C=O) groups is 2. The highest BCUT2D eigenvalue weighted by atomic mass is 79.9. The van der Waals surface area contributed by atoms with Crippen molar-refractivity contribution in [2.45, 2.75) is 52.6 Å². The third-order valence-corrected chi connectivity index (χ3v) is 5.39. The number of aryl methyl sites for hydroxylation is 1. The summed E-state index contributed by atoms with van der Waals surface area (Å²) in [5.41, 5.74) is 3.07. The molecule has 4 nitrogen and oxygen atoms in total. The molecule has 1 atom stereocenters. The van der Waals surface area contributed by atoms with Gasteiger partial charge in [-0.15, -0.1) is 0 Å². The number of unbranched alkanes of at least 4 members (excludes halogenated alkanes) is 1. The predicted octanol–water partition coefficient (Wildman–Crippen LogP) is 4.63. The largest absolute Gasteiger partial charge is 0.354 e. The molecule has 0 aliphatic rings. The standard InChI is InChI=1S/C23H29BrN2O2/c1-4-5-14-25-23(28)18(3)26(16-19-10-12-21(24)13-11-19)22(27)15-20-9-7-6-8-17(20)2/h6-13,18H,4-5,14-16H2,1-3H3,(H,25,28)/t18-/m0/s1. The summed E-state index contributed by atoms with van der Waals surface area (Å²) in [6, 6.07) is 15.2. The van der Waals surface area contributed by atoms with E-state index in [2.05, 4.69) is 28.2 Å². The monoisotopic (exact) mass is 444 g/mol. The SMILES string of the molecule is CCCCNC(=O)[C@H](C)N(Cc1ccc(Br)cc1)C(=O)Cc1ccccc1C. The quantitative estimate of drug-likeness (QED) is 0.572. The molecule has 2 aromatic carbocycles. The molecule has 5 heteroatoms. The number of nitrogens with one attached hydrogen (secondary N) is 1. The number of carbonyl (C=O) groups excluding carboxylic acids is 2. The summed E-state index contributed by atoms with van der Waals surface area (Å²) in [7, 11) is 0. The van der Waals surface area contributed by atoms with Crippen LogP contribution in [0.5, 0.6) is 0 Å². The van der Waals surface area contributed by atoms with Crippen LogP contribution in [0.4, 0.5) is 0 Å². The number of hydrogen-bond acceptors (Lipinski definition) is 2. The Hall–Kier alpha value is -2.14. The maximum Gasteiger partial charge on any atom is 0.242 e.